The maximum absolute atomic E-state index is 12.6. The Morgan fingerprint density at radius 1 is 1.04 bits per heavy atom. The van der Waals surface area contributed by atoms with Crippen LogP contribution < -0.4 is 10.2 Å². The monoisotopic (exact) mass is 336 g/mol. The molecule has 1 heterocycles. The number of amides is 2. The lowest BCUT2D eigenvalue weighted by Gasteiger charge is -2.20. The van der Waals surface area contributed by atoms with Gasteiger partial charge in [0.25, 0.3) is 5.91 Å². The van der Waals surface area contributed by atoms with Gasteiger partial charge in [-0.2, -0.15) is 0 Å². The molecule has 0 atom stereocenters. The van der Waals surface area contributed by atoms with Gasteiger partial charge in [-0.25, -0.2) is 0 Å². The zero-order valence-corrected chi connectivity index (χ0v) is 15.0. The molecule has 3 rings (SSSR count). The lowest BCUT2D eigenvalue weighted by Crippen LogP contribution is -2.25. The molecule has 0 unspecified atom stereocenters. The molecular formula is C21H24N2O2. The van der Waals surface area contributed by atoms with Gasteiger partial charge in [0.05, 0.1) is 11.4 Å². The molecule has 0 radical (unpaired) electrons. The summed E-state index contributed by atoms with van der Waals surface area (Å²) >= 11 is 0. The van der Waals surface area contributed by atoms with E-state index in [1.807, 2.05) is 48.5 Å². The second-order valence-electron chi connectivity index (χ2n) is 7.45. The fourth-order valence-corrected chi connectivity index (χ4v) is 3.03. The number of anilines is 2. The number of hydrogen-bond acceptors (Lipinski definition) is 2. The molecule has 0 saturated carbocycles. The van der Waals surface area contributed by atoms with Crippen molar-refractivity contribution in [1.29, 1.82) is 0 Å². The first-order chi connectivity index (χ1) is 11.9. The average Bonchev–Trinajstić information content (AvgIpc) is 3.00. The van der Waals surface area contributed by atoms with E-state index in [2.05, 4.69) is 26.1 Å². The minimum Gasteiger partial charge on any atom is -0.320 e. The van der Waals surface area contributed by atoms with Gasteiger partial charge in [0.1, 0.15) is 0 Å². The molecule has 4 nitrogen and oxygen atoms in total. The highest BCUT2D eigenvalue weighted by molar-refractivity contribution is 6.08. The third-order valence-corrected chi connectivity index (χ3v) is 4.53. The molecule has 2 aromatic carbocycles. The average molecular weight is 336 g/mol. The maximum atomic E-state index is 12.6. The number of nitrogens with one attached hydrogen (secondary N) is 1. The van der Waals surface area contributed by atoms with Crippen LogP contribution in [0.1, 0.15) is 49.5 Å². The van der Waals surface area contributed by atoms with Gasteiger partial charge in [0.15, 0.2) is 0 Å². The van der Waals surface area contributed by atoms with E-state index in [9.17, 15) is 9.59 Å². The predicted molar refractivity (Wildman–Crippen MR) is 101 cm³/mol. The minimum atomic E-state index is -0.167. The van der Waals surface area contributed by atoms with Crippen LogP contribution in [0.15, 0.2) is 48.5 Å². The molecule has 130 valence electrons. The normalized spacial score (nSPS) is 14.7. The fraction of sp³-hybridized carbons (Fsp3) is 0.333. The molecular weight excluding hydrogens is 312 g/mol. The van der Waals surface area contributed by atoms with Crippen LogP contribution >= 0.6 is 0 Å². The van der Waals surface area contributed by atoms with Crippen molar-refractivity contribution in [1.82, 2.24) is 0 Å². The van der Waals surface area contributed by atoms with Gasteiger partial charge in [-0.3, -0.25) is 9.59 Å². The highest BCUT2D eigenvalue weighted by Crippen LogP contribution is 2.30. The summed E-state index contributed by atoms with van der Waals surface area (Å²) in [4.78, 5) is 26.4. The summed E-state index contributed by atoms with van der Waals surface area (Å²) in [5, 5.41) is 2.95. The van der Waals surface area contributed by atoms with Crippen molar-refractivity contribution in [3.05, 3.63) is 59.7 Å². The number of benzene rings is 2. The van der Waals surface area contributed by atoms with Crippen LogP contribution in [-0.2, 0) is 10.2 Å². The molecule has 1 fully saturated rings. The van der Waals surface area contributed by atoms with Crippen LogP contribution in [0.4, 0.5) is 11.4 Å². The third-order valence-electron chi connectivity index (χ3n) is 4.53. The van der Waals surface area contributed by atoms with E-state index in [-0.39, 0.29) is 17.2 Å². The molecule has 1 N–H and O–H groups in total. The fourth-order valence-electron chi connectivity index (χ4n) is 3.03. The van der Waals surface area contributed by atoms with Crippen molar-refractivity contribution in [2.24, 2.45) is 0 Å². The zero-order valence-electron chi connectivity index (χ0n) is 15.0. The Kier molecular flexibility index (Phi) is 4.62. The molecule has 0 aromatic heterocycles. The summed E-state index contributed by atoms with van der Waals surface area (Å²) in [5.74, 6) is -0.0595. The lowest BCUT2D eigenvalue weighted by molar-refractivity contribution is -0.117. The van der Waals surface area contributed by atoms with Crippen molar-refractivity contribution >= 4 is 23.2 Å². The van der Waals surface area contributed by atoms with Gasteiger partial charge < -0.3 is 10.2 Å². The molecule has 4 heteroatoms. The van der Waals surface area contributed by atoms with E-state index < -0.39 is 0 Å². The second-order valence-corrected chi connectivity index (χ2v) is 7.45. The van der Waals surface area contributed by atoms with Gasteiger partial charge in [-0.05, 0) is 41.7 Å². The molecule has 0 spiro atoms. The summed E-state index contributed by atoms with van der Waals surface area (Å²) in [6.45, 7) is 7.13. The van der Waals surface area contributed by atoms with Gasteiger partial charge in [0, 0.05) is 18.5 Å². The zero-order chi connectivity index (χ0) is 18.0. The number of nitrogens with zero attached hydrogens (tertiary/aromatic N) is 1. The Balaban J connectivity index is 1.81. The largest absolute Gasteiger partial charge is 0.320 e. The SMILES string of the molecule is CC(C)(C)c1ccc(C(=O)Nc2ccccc2N2CCCC2=O)cc1. The predicted octanol–water partition coefficient (Wildman–Crippen LogP) is 4.36. The first-order valence-electron chi connectivity index (χ1n) is 8.67. The molecule has 2 aromatic rings. The molecule has 1 aliphatic rings. The smallest absolute Gasteiger partial charge is 0.255 e. The molecule has 0 aliphatic carbocycles. The van der Waals surface area contributed by atoms with Gasteiger partial charge in [-0.15, -0.1) is 0 Å². The van der Waals surface area contributed by atoms with E-state index in [0.29, 0.717) is 24.2 Å². The summed E-state index contributed by atoms with van der Waals surface area (Å²) in [7, 11) is 0. The van der Waals surface area contributed by atoms with E-state index >= 15 is 0 Å². The highest BCUT2D eigenvalue weighted by atomic mass is 16.2. The number of rotatable bonds is 3. The van der Waals surface area contributed by atoms with Crippen molar-refractivity contribution in [2.45, 2.75) is 39.0 Å². The van der Waals surface area contributed by atoms with Crippen LogP contribution in [0.5, 0.6) is 0 Å². The van der Waals surface area contributed by atoms with Crippen molar-refractivity contribution < 1.29 is 9.59 Å². The number of hydrogen-bond donors (Lipinski definition) is 1. The molecule has 25 heavy (non-hydrogen) atoms. The second kappa shape index (κ2) is 6.71. The molecule has 2 amide bonds. The van der Waals surface area contributed by atoms with E-state index in [0.717, 1.165) is 12.1 Å². The number of para-hydroxylation sites is 2. The summed E-state index contributed by atoms with van der Waals surface area (Å²) in [6, 6.07) is 15.1. The van der Waals surface area contributed by atoms with Crippen LogP contribution in [-0.4, -0.2) is 18.4 Å². The first kappa shape index (κ1) is 17.2. The highest BCUT2D eigenvalue weighted by Gasteiger charge is 2.24. The lowest BCUT2D eigenvalue weighted by atomic mass is 9.87. The summed E-state index contributed by atoms with van der Waals surface area (Å²) in [6.07, 6.45) is 1.42. The van der Waals surface area contributed by atoms with Gasteiger partial charge >= 0.3 is 0 Å². The Labute approximate surface area is 148 Å². The third kappa shape index (κ3) is 3.73. The number of carbonyl (C=O) groups is 2. The van der Waals surface area contributed by atoms with E-state index in [1.165, 1.54) is 5.56 Å². The quantitative estimate of drug-likeness (QED) is 0.905. The van der Waals surface area contributed by atoms with Crippen molar-refractivity contribution in [2.75, 3.05) is 16.8 Å². The minimum absolute atomic E-state index is 0.0533. The Morgan fingerprint density at radius 3 is 2.32 bits per heavy atom. The van der Waals surface area contributed by atoms with Crippen LogP contribution in [0.3, 0.4) is 0 Å². The topological polar surface area (TPSA) is 49.4 Å². The Morgan fingerprint density at radius 2 is 1.72 bits per heavy atom. The Bertz CT molecular complexity index is 788. The van der Waals surface area contributed by atoms with Gasteiger partial charge in [-0.1, -0.05) is 45.0 Å². The number of carbonyl (C=O) groups excluding carboxylic acids is 2. The van der Waals surface area contributed by atoms with Crippen LogP contribution in [0, 0.1) is 0 Å². The Hall–Kier alpha value is -2.62. The summed E-state index contributed by atoms with van der Waals surface area (Å²) < 4.78 is 0. The van der Waals surface area contributed by atoms with Crippen molar-refractivity contribution in [3.63, 3.8) is 0 Å². The van der Waals surface area contributed by atoms with Crippen LogP contribution in [0.25, 0.3) is 0 Å². The molecule has 0 bridgehead atoms. The van der Waals surface area contributed by atoms with Gasteiger partial charge in [0.2, 0.25) is 5.91 Å². The molecule has 1 aliphatic heterocycles. The molecule has 1 saturated heterocycles. The van der Waals surface area contributed by atoms with Crippen LogP contribution in [0.2, 0.25) is 0 Å². The maximum Gasteiger partial charge on any atom is 0.255 e. The standard InChI is InChI=1S/C21H24N2O2/c1-21(2,3)16-12-10-15(11-13-16)20(25)22-17-7-4-5-8-18(17)23-14-6-9-19(23)24/h4-5,7-8,10-13H,6,9,14H2,1-3H3,(H,22,25). The summed E-state index contributed by atoms with van der Waals surface area (Å²) in [5.41, 5.74) is 3.28. The van der Waals surface area contributed by atoms with E-state index in [4.69, 9.17) is 0 Å². The van der Waals surface area contributed by atoms with E-state index in [1.54, 1.807) is 4.90 Å². The van der Waals surface area contributed by atoms with Crippen molar-refractivity contribution in [3.8, 4) is 0 Å². The first-order valence-corrected chi connectivity index (χ1v) is 8.67.